The maximum Gasteiger partial charge on any atom is 0.244 e. The summed E-state index contributed by atoms with van der Waals surface area (Å²) in [6, 6.07) is 9.56. The molecular weight excluding hydrogens is 335 g/mol. The number of halogens is 3. The summed E-state index contributed by atoms with van der Waals surface area (Å²) in [5.41, 5.74) is 1.77. The fraction of sp³-hybridized carbons (Fsp3) is 0.214. The normalized spacial score (nSPS) is 14.3. The molecule has 0 bridgehead atoms. The first-order valence-electron chi connectivity index (χ1n) is 6.14. The Morgan fingerprint density at radius 3 is 2.24 bits per heavy atom. The van der Waals surface area contributed by atoms with E-state index in [1.54, 1.807) is 0 Å². The number of rotatable bonds is 1. The van der Waals surface area contributed by atoms with Crippen molar-refractivity contribution in [2.24, 2.45) is 0 Å². The van der Waals surface area contributed by atoms with Gasteiger partial charge >= 0.3 is 0 Å². The van der Waals surface area contributed by atoms with Gasteiger partial charge in [-0.25, -0.2) is 0 Å². The van der Waals surface area contributed by atoms with Crippen LogP contribution >= 0.6 is 35.0 Å². The van der Waals surface area contributed by atoms with Crippen LogP contribution in [0, 0.1) is 0 Å². The molecule has 2 aromatic rings. The van der Waals surface area contributed by atoms with Crippen molar-refractivity contribution in [1.29, 1.82) is 0 Å². The molecule has 3 rings (SSSR count). The van der Waals surface area contributed by atoms with Gasteiger partial charge in [0.2, 0.25) is 11.8 Å². The zero-order valence-electron chi connectivity index (χ0n) is 10.9. The van der Waals surface area contributed by atoms with Crippen LogP contribution in [0.4, 0.5) is 0 Å². The standard InChI is InChI=1S/C10H7Cl2N.C4H4ClNO2/c11-6-9-4-2-7-1-3-8(12)5-10(7)13-9;5-6-3(7)1-2-4(6)8/h1-5H,6H2;1-2H2. The van der Waals surface area contributed by atoms with Crippen LogP contribution in [0.1, 0.15) is 18.5 Å². The van der Waals surface area contributed by atoms with Crippen LogP contribution in [0.2, 0.25) is 5.02 Å². The van der Waals surface area contributed by atoms with Crippen molar-refractivity contribution < 1.29 is 9.59 Å². The summed E-state index contributed by atoms with van der Waals surface area (Å²) in [5, 5.41) is 1.78. The molecule has 4 nitrogen and oxygen atoms in total. The molecule has 2 heterocycles. The number of carbonyl (C=O) groups is 2. The zero-order chi connectivity index (χ0) is 15.4. The second-order valence-corrected chi connectivity index (χ2v) is 5.38. The number of alkyl halides is 1. The Balaban J connectivity index is 0.000000173. The molecule has 21 heavy (non-hydrogen) atoms. The van der Waals surface area contributed by atoms with Crippen LogP contribution in [0.5, 0.6) is 0 Å². The average Bonchev–Trinajstić information content (AvgIpc) is 2.78. The topological polar surface area (TPSA) is 50.3 Å². The van der Waals surface area contributed by atoms with E-state index in [0.29, 0.717) is 15.3 Å². The van der Waals surface area contributed by atoms with E-state index < -0.39 is 0 Å². The van der Waals surface area contributed by atoms with Gasteiger partial charge in [0.25, 0.3) is 0 Å². The minimum atomic E-state index is -0.295. The van der Waals surface area contributed by atoms with Gasteiger partial charge in [0.15, 0.2) is 0 Å². The molecule has 0 atom stereocenters. The van der Waals surface area contributed by atoms with E-state index in [1.807, 2.05) is 30.3 Å². The first kappa shape index (κ1) is 16.0. The molecule has 2 amide bonds. The molecule has 0 saturated carbocycles. The van der Waals surface area contributed by atoms with Crippen LogP contribution in [-0.4, -0.2) is 21.2 Å². The summed E-state index contributed by atoms with van der Waals surface area (Å²) in [6.07, 6.45) is 0.532. The molecule has 1 aromatic carbocycles. The number of pyridine rings is 1. The van der Waals surface area contributed by atoms with E-state index in [0.717, 1.165) is 16.6 Å². The second-order valence-electron chi connectivity index (χ2n) is 4.34. The van der Waals surface area contributed by atoms with Gasteiger partial charge in [-0.1, -0.05) is 23.7 Å². The van der Waals surface area contributed by atoms with E-state index in [2.05, 4.69) is 4.98 Å². The lowest BCUT2D eigenvalue weighted by Gasteiger charge is -1.99. The molecule has 1 saturated heterocycles. The third-order valence-corrected chi connectivity index (χ3v) is 3.73. The number of carbonyl (C=O) groups excluding carboxylic acids is 2. The minimum Gasteiger partial charge on any atom is -0.273 e. The fourth-order valence-electron chi connectivity index (χ4n) is 1.76. The van der Waals surface area contributed by atoms with Crippen LogP contribution in [0.15, 0.2) is 30.3 Å². The fourth-order valence-corrected chi connectivity index (χ4v) is 2.24. The van der Waals surface area contributed by atoms with E-state index in [1.165, 1.54) is 0 Å². The van der Waals surface area contributed by atoms with Crippen molar-refractivity contribution >= 4 is 57.7 Å². The number of imide groups is 1. The predicted molar refractivity (Wildman–Crippen MR) is 83.3 cm³/mol. The predicted octanol–water partition coefficient (Wildman–Crippen LogP) is 3.92. The SMILES string of the molecule is ClCc1ccc2ccc(Cl)cc2n1.O=C1CCC(=O)N1Cl. The highest BCUT2D eigenvalue weighted by Gasteiger charge is 2.26. The minimum absolute atomic E-state index is 0.266. The van der Waals surface area contributed by atoms with Gasteiger partial charge in [0.1, 0.15) is 0 Å². The van der Waals surface area contributed by atoms with E-state index in [9.17, 15) is 9.59 Å². The molecule has 1 fully saturated rings. The van der Waals surface area contributed by atoms with Crippen LogP contribution in [0.25, 0.3) is 10.9 Å². The highest BCUT2D eigenvalue weighted by Crippen LogP contribution is 2.18. The van der Waals surface area contributed by atoms with E-state index in [4.69, 9.17) is 35.0 Å². The van der Waals surface area contributed by atoms with Crippen molar-refractivity contribution in [2.45, 2.75) is 18.7 Å². The largest absolute Gasteiger partial charge is 0.273 e. The van der Waals surface area contributed by atoms with Gasteiger partial charge in [-0.15, -0.1) is 11.6 Å². The molecule has 0 aliphatic carbocycles. The van der Waals surface area contributed by atoms with Gasteiger partial charge in [-0.2, -0.15) is 4.42 Å². The van der Waals surface area contributed by atoms with Gasteiger partial charge in [0, 0.05) is 35.0 Å². The number of benzene rings is 1. The third kappa shape index (κ3) is 4.06. The maximum atomic E-state index is 10.4. The van der Waals surface area contributed by atoms with Crippen molar-refractivity contribution in [3.05, 3.63) is 41.0 Å². The number of hydrogen-bond donors (Lipinski definition) is 0. The molecule has 0 radical (unpaired) electrons. The summed E-state index contributed by atoms with van der Waals surface area (Å²) >= 11 is 16.7. The highest BCUT2D eigenvalue weighted by atomic mass is 35.5. The molecule has 0 unspecified atom stereocenters. The first-order chi connectivity index (χ1) is 10.0. The Bertz CT molecular complexity index is 675. The summed E-state index contributed by atoms with van der Waals surface area (Å²) < 4.78 is 0.639. The number of amides is 2. The molecule has 0 spiro atoms. The number of fused-ring (bicyclic) bond motifs is 1. The molecule has 0 N–H and O–H groups in total. The smallest absolute Gasteiger partial charge is 0.244 e. The Morgan fingerprint density at radius 1 is 1.10 bits per heavy atom. The Kier molecular flexibility index (Phi) is 5.39. The molecule has 110 valence electrons. The lowest BCUT2D eigenvalue weighted by molar-refractivity contribution is -0.132. The van der Waals surface area contributed by atoms with Gasteiger partial charge in [0.05, 0.1) is 17.1 Å². The van der Waals surface area contributed by atoms with Crippen LogP contribution in [0.3, 0.4) is 0 Å². The van der Waals surface area contributed by atoms with Crippen molar-refractivity contribution in [2.75, 3.05) is 0 Å². The third-order valence-electron chi connectivity index (χ3n) is 2.84. The quantitative estimate of drug-likeness (QED) is 0.447. The van der Waals surface area contributed by atoms with Crippen molar-refractivity contribution in [3.63, 3.8) is 0 Å². The molecule has 1 aliphatic heterocycles. The van der Waals surface area contributed by atoms with Gasteiger partial charge < -0.3 is 0 Å². The highest BCUT2D eigenvalue weighted by molar-refractivity contribution is 6.32. The average molecular weight is 346 g/mol. The molecule has 1 aromatic heterocycles. The zero-order valence-corrected chi connectivity index (χ0v) is 13.1. The Morgan fingerprint density at radius 2 is 1.71 bits per heavy atom. The van der Waals surface area contributed by atoms with Crippen molar-refractivity contribution in [3.8, 4) is 0 Å². The van der Waals surface area contributed by atoms with Crippen LogP contribution < -0.4 is 0 Å². The lowest BCUT2D eigenvalue weighted by Crippen LogP contribution is -2.16. The van der Waals surface area contributed by atoms with Crippen LogP contribution in [-0.2, 0) is 15.5 Å². The number of nitrogens with zero attached hydrogens (tertiary/aromatic N) is 2. The Hall–Kier alpha value is -1.36. The molecule has 7 heteroatoms. The second kappa shape index (κ2) is 7.07. The Labute approximate surface area is 136 Å². The van der Waals surface area contributed by atoms with E-state index >= 15 is 0 Å². The lowest BCUT2D eigenvalue weighted by atomic mass is 10.2. The maximum absolute atomic E-state index is 10.4. The van der Waals surface area contributed by atoms with Gasteiger partial charge in [-0.3, -0.25) is 14.6 Å². The van der Waals surface area contributed by atoms with E-state index in [-0.39, 0.29) is 24.7 Å². The summed E-state index contributed by atoms with van der Waals surface area (Å²) in [6.45, 7) is 0. The summed E-state index contributed by atoms with van der Waals surface area (Å²) in [4.78, 5) is 25.1. The summed E-state index contributed by atoms with van der Waals surface area (Å²) in [5.74, 6) is -0.157. The first-order valence-corrected chi connectivity index (χ1v) is 7.39. The molecule has 1 aliphatic rings. The summed E-state index contributed by atoms with van der Waals surface area (Å²) in [7, 11) is 0. The van der Waals surface area contributed by atoms with Crippen molar-refractivity contribution in [1.82, 2.24) is 9.40 Å². The number of aromatic nitrogens is 1. The van der Waals surface area contributed by atoms with Gasteiger partial charge in [-0.05, 0) is 18.2 Å². The monoisotopic (exact) mass is 344 g/mol. The number of hydrogen-bond acceptors (Lipinski definition) is 3. The molecular formula is C14H11Cl3N2O2.